The van der Waals surface area contributed by atoms with E-state index < -0.39 is 6.04 Å². The van der Waals surface area contributed by atoms with Gasteiger partial charge in [0.15, 0.2) is 0 Å². The Morgan fingerprint density at radius 1 is 0.966 bits per heavy atom. The molecular formula is C24H25ClN2O2. The van der Waals surface area contributed by atoms with Gasteiger partial charge in [-0.25, -0.2) is 0 Å². The molecule has 0 aliphatic carbocycles. The van der Waals surface area contributed by atoms with Crippen molar-refractivity contribution in [2.45, 2.75) is 25.9 Å². The third-order valence-corrected chi connectivity index (χ3v) is 5.01. The Bertz CT molecular complexity index is 976. The van der Waals surface area contributed by atoms with Crippen LogP contribution in [0.4, 0.5) is 5.69 Å². The molecule has 0 fully saturated rings. The Morgan fingerprint density at radius 3 is 2.38 bits per heavy atom. The van der Waals surface area contributed by atoms with Gasteiger partial charge in [-0.2, -0.15) is 0 Å². The Kier molecular flexibility index (Phi) is 6.91. The van der Waals surface area contributed by atoms with Crippen LogP contribution < -0.4 is 15.4 Å². The molecule has 3 rings (SSSR count). The van der Waals surface area contributed by atoms with Crippen molar-refractivity contribution in [1.82, 2.24) is 5.32 Å². The van der Waals surface area contributed by atoms with Crippen LogP contribution >= 0.6 is 11.6 Å². The summed E-state index contributed by atoms with van der Waals surface area (Å²) >= 11 is 6.14. The molecular weight excluding hydrogens is 384 g/mol. The van der Waals surface area contributed by atoms with E-state index in [0.717, 1.165) is 16.7 Å². The molecule has 0 aromatic heterocycles. The number of amides is 1. The second-order valence-electron chi connectivity index (χ2n) is 6.98. The zero-order chi connectivity index (χ0) is 20.8. The third kappa shape index (κ3) is 5.37. The van der Waals surface area contributed by atoms with Crippen molar-refractivity contribution < 1.29 is 9.53 Å². The molecule has 0 heterocycles. The number of hydrogen-bond donors (Lipinski definition) is 2. The first-order valence-corrected chi connectivity index (χ1v) is 9.87. The molecule has 0 aliphatic rings. The van der Waals surface area contributed by atoms with E-state index in [1.54, 1.807) is 7.11 Å². The molecule has 150 valence electrons. The van der Waals surface area contributed by atoms with E-state index in [9.17, 15) is 4.79 Å². The molecule has 0 bridgehead atoms. The van der Waals surface area contributed by atoms with Crippen molar-refractivity contribution in [2.24, 2.45) is 0 Å². The fourth-order valence-corrected chi connectivity index (χ4v) is 3.41. The Morgan fingerprint density at radius 2 is 1.69 bits per heavy atom. The lowest BCUT2D eigenvalue weighted by Crippen LogP contribution is -2.34. The van der Waals surface area contributed by atoms with Gasteiger partial charge in [-0.3, -0.25) is 10.1 Å². The van der Waals surface area contributed by atoms with E-state index in [1.165, 1.54) is 0 Å². The lowest BCUT2D eigenvalue weighted by atomic mass is 10.0. The molecule has 3 aromatic rings. The van der Waals surface area contributed by atoms with E-state index in [-0.39, 0.29) is 11.9 Å². The standard InChI is InChI=1S/C24H25ClN2O2/c1-16-12-13-22(29-3)21(14-16)27-24(28)23(18-8-5-4-6-9-18)26-17(2)19-10-7-11-20(25)15-19/h4-15,17,23,26H,1-3H3,(H,27,28)/t17-,23-/m1/s1. The van der Waals surface area contributed by atoms with Crippen LogP contribution in [0.25, 0.3) is 0 Å². The number of carbonyl (C=O) groups excluding carboxylic acids is 1. The topological polar surface area (TPSA) is 50.4 Å². The Labute approximate surface area is 176 Å². The van der Waals surface area contributed by atoms with Crippen molar-refractivity contribution >= 4 is 23.2 Å². The third-order valence-electron chi connectivity index (χ3n) is 4.77. The number of methoxy groups -OCH3 is 1. The first-order chi connectivity index (χ1) is 14.0. The normalized spacial score (nSPS) is 12.8. The molecule has 1 amide bonds. The van der Waals surface area contributed by atoms with Gasteiger partial charge in [0.1, 0.15) is 11.8 Å². The predicted molar refractivity (Wildman–Crippen MR) is 119 cm³/mol. The number of hydrogen-bond acceptors (Lipinski definition) is 3. The van der Waals surface area contributed by atoms with Crippen LogP contribution in [-0.2, 0) is 4.79 Å². The summed E-state index contributed by atoms with van der Waals surface area (Å²) in [6, 6.07) is 22.4. The summed E-state index contributed by atoms with van der Waals surface area (Å²) in [6.45, 7) is 3.99. The highest BCUT2D eigenvalue weighted by atomic mass is 35.5. The SMILES string of the molecule is COc1ccc(C)cc1NC(=O)[C@H](N[C@H](C)c1cccc(Cl)c1)c1ccccc1. The zero-order valence-electron chi connectivity index (χ0n) is 16.8. The summed E-state index contributed by atoms with van der Waals surface area (Å²) in [5, 5.41) is 7.12. The van der Waals surface area contributed by atoms with Crippen LogP contribution in [-0.4, -0.2) is 13.0 Å². The second kappa shape index (κ2) is 9.59. The van der Waals surface area contributed by atoms with Crippen molar-refractivity contribution in [2.75, 3.05) is 12.4 Å². The fraction of sp³-hybridized carbons (Fsp3) is 0.208. The number of ether oxygens (including phenoxy) is 1. The van der Waals surface area contributed by atoms with Gasteiger partial charge >= 0.3 is 0 Å². The maximum absolute atomic E-state index is 13.3. The van der Waals surface area contributed by atoms with Crippen molar-refractivity contribution in [3.05, 3.63) is 94.5 Å². The number of halogens is 1. The maximum Gasteiger partial charge on any atom is 0.246 e. The number of benzene rings is 3. The van der Waals surface area contributed by atoms with Gasteiger partial charge in [-0.05, 0) is 54.8 Å². The van der Waals surface area contributed by atoms with Gasteiger partial charge in [0.05, 0.1) is 12.8 Å². The largest absolute Gasteiger partial charge is 0.495 e. The van der Waals surface area contributed by atoms with Gasteiger partial charge in [-0.1, -0.05) is 60.1 Å². The Balaban J connectivity index is 1.88. The molecule has 0 unspecified atom stereocenters. The molecule has 0 aliphatic heterocycles. The fourth-order valence-electron chi connectivity index (χ4n) is 3.22. The van der Waals surface area contributed by atoms with Gasteiger partial charge in [0.2, 0.25) is 5.91 Å². The molecule has 5 heteroatoms. The lowest BCUT2D eigenvalue weighted by Gasteiger charge is -2.24. The number of anilines is 1. The average molecular weight is 409 g/mol. The minimum absolute atomic E-state index is 0.0796. The van der Waals surface area contributed by atoms with Crippen molar-refractivity contribution in [1.29, 1.82) is 0 Å². The van der Waals surface area contributed by atoms with Crippen LogP contribution in [0.15, 0.2) is 72.8 Å². The quantitative estimate of drug-likeness (QED) is 0.528. The monoisotopic (exact) mass is 408 g/mol. The van der Waals surface area contributed by atoms with E-state index in [0.29, 0.717) is 16.5 Å². The summed E-state index contributed by atoms with van der Waals surface area (Å²) in [6.07, 6.45) is 0. The number of aryl methyl sites for hydroxylation is 1. The summed E-state index contributed by atoms with van der Waals surface area (Å²) in [5.74, 6) is 0.465. The number of nitrogens with one attached hydrogen (secondary N) is 2. The van der Waals surface area contributed by atoms with Crippen molar-refractivity contribution in [3.63, 3.8) is 0 Å². The molecule has 2 atom stereocenters. The molecule has 2 N–H and O–H groups in total. The molecule has 0 saturated heterocycles. The highest BCUT2D eigenvalue weighted by molar-refractivity contribution is 6.30. The zero-order valence-corrected chi connectivity index (χ0v) is 17.5. The van der Waals surface area contributed by atoms with E-state index >= 15 is 0 Å². The van der Waals surface area contributed by atoms with Crippen LogP contribution in [0.2, 0.25) is 5.02 Å². The van der Waals surface area contributed by atoms with Gasteiger partial charge < -0.3 is 10.1 Å². The smallest absolute Gasteiger partial charge is 0.246 e. The van der Waals surface area contributed by atoms with Crippen LogP contribution in [0.5, 0.6) is 5.75 Å². The first-order valence-electron chi connectivity index (χ1n) is 9.50. The molecule has 0 spiro atoms. The molecule has 29 heavy (non-hydrogen) atoms. The highest BCUT2D eigenvalue weighted by Crippen LogP contribution is 2.28. The van der Waals surface area contributed by atoms with Gasteiger partial charge in [0.25, 0.3) is 0 Å². The molecule has 3 aromatic carbocycles. The molecule has 4 nitrogen and oxygen atoms in total. The van der Waals surface area contributed by atoms with Crippen LogP contribution in [0, 0.1) is 6.92 Å². The minimum atomic E-state index is -0.546. The first kappa shape index (κ1) is 20.9. The summed E-state index contributed by atoms with van der Waals surface area (Å²) in [7, 11) is 1.59. The predicted octanol–water partition coefficient (Wildman–Crippen LogP) is 5.69. The number of rotatable bonds is 7. The average Bonchev–Trinajstić information content (AvgIpc) is 2.72. The Hall–Kier alpha value is -2.82. The van der Waals surface area contributed by atoms with Crippen LogP contribution in [0.1, 0.15) is 35.7 Å². The molecule has 0 radical (unpaired) electrons. The lowest BCUT2D eigenvalue weighted by molar-refractivity contribution is -0.118. The van der Waals surface area contributed by atoms with E-state index in [2.05, 4.69) is 10.6 Å². The van der Waals surface area contributed by atoms with E-state index in [4.69, 9.17) is 16.3 Å². The summed E-state index contributed by atoms with van der Waals surface area (Å²) < 4.78 is 5.40. The summed E-state index contributed by atoms with van der Waals surface area (Å²) in [5.41, 5.74) is 3.58. The van der Waals surface area contributed by atoms with Gasteiger partial charge in [-0.15, -0.1) is 0 Å². The van der Waals surface area contributed by atoms with Crippen LogP contribution in [0.3, 0.4) is 0 Å². The highest BCUT2D eigenvalue weighted by Gasteiger charge is 2.24. The van der Waals surface area contributed by atoms with Gasteiger partial charge in [0, 0.05) is 11.1 Å². The van der Waals surface area contributed by atoms with E-state index in [1.807, 2.05) is 86.6 Å². The molecule has 0 saturated carbocycles. The van der Waals surface area contributed by atoms with Crippen molar-refractivity contribution in [3.8, 4) is 5.75 Å². The number of carbonyl (C=O) groups is 1. The minimum Gasteiger partial charge on any atom is -0.495 e. The second-order valence-corrected chi connectivity index (χ2v) is 7.42. The maximum atomic E-state index is 13.3. The summed E-state index contributed by atoms with van der Waals surface area (Å²) in [4.78, 5) is 13.3.